The van der Waals surface area contributed by atoms with E-state index in [4.69, 9.17) is 4.98 Å². The number of fused-ring (bicyclic) bond motifs is 4. The summed E-state index contributed by atoms with van der Waals surface area (Å²) in [7, 11) is 0. The van der Waals surface area contributed by atoms with Gasteiger partial charge in [-0.15, -0.1) is 5.10 Å². The number of hydrogen-bond acceptors (Lipinski definition) is 3. The average molecular weight is 514 g/mol. The summed E-state index contributed by atoms with van der Waals surface area (Å²) in [5.74, 6) is 0.862. The first-order valence-electron chi connectivity index (χ1n) is 13.3. The predicted octanol–water partition coefficient (Wildman–Crippen LogP) is 8.25. The zero-order chi connectivity index (χ0) is 26.5. The van der Waals surface area contributed by atoms with E-state index in [1.54, 1.807) is 0 Å². The maximum atomic E-state index is 5.23. The number of nitrogens with zero attached hydrogens (tertiary/aromatic N) is 5. The van der Waals surface area contributed by atoms with Crippen LogP contribution >= 0.6 is 0 Å². The van der Waals surface area contributed by atoms with Gasteiger partial charge >= 0.3 is 0 Å². The number of para-hydroxylation sites is 2. The fourth-order valence-corrected chi connectivity index (χ4v) is 5.57. The molecule has 0 bridgehead atoms. The van der Waals surface area contributed by atoms with Crippen LogP contribution in [-0.4, -0.2) is 24.5 Å². The summed E-state index contributed by atoms with van der Waals surface area (Å²) in [6, 6.07) is 48.2. The van der Waals surface area contributed by atoms with Crippen LogP contribution in [0.15, 0.2) is 140 Å². The van der Waals surface area contributed by atoms with Crippen LogP contribution in [-0.2, 0) is 0 Å². The van der Waals surface area contributed by atoms with E-state index in [9.17, 15) is 0 Å². The van der Waals surface area contributed by atoms with E-state index in [-0.39, 0.29) is 0 Å². The van der Waals surface area contributed by atoms with Crippen LogP contribution in [0.1, 0.15) is 0 Å². The van der Waals surface area contributed by atoms with Crippen molar-refractivity contribution in [3.8, 4) is 33.9 Å². The van der Waals surface area contributed by atoms with Crippen LogP contribution in [0.5, 0.6) is 0 Å². The number of rotatable bonds is 4. The third kappa shape index (κ3) is 3.60. The molecule has 0 aliphatic heterocycles. The molecule has 0 aliphatic carbocycles. The summed E-state index contributed by atoms with van der Waals surface area (Å²) in [6.07, 6.45) is 0. The van der Waals surface area contributed by atoms with Gasteiger partial charge in [0.05, 0.1) is 27.9 Å². The average Bonchev–Trinajstić information content (AvgIpc) is 3.59. The Morgan fingerprint density at radius 1 is 0.475 bits per heavy atom. The van der Waals surface area contributed by atoms with E-state index < -0.39 is 0 Å². The van der Waals surface area contributed by atoms with Crippen LogP contribution in [0.4, 0.5) is 0 Å². The second-order valence-electron chi connectivity index (χ2n) is 9.88. The second kappa shape index (κ2) is 9.03. The lowest BCUT2D eigenvalue weighted by atomic mass is 10.0. The third-order valence-corrected chi connectivity index (χ3v) is 7.46. The predicted molar refractivity (Wildman–Crippen MR) is 162 cm³/mol. The van der Waals surface area contributed by atoms with Crippen LogP contribution in [0.2, 0.25) is 0 Å². The molecule has 0 unspecified atom stereocenters. The van der Waals surface area contributed by atoms with E-state index in [1.807, 2.05) is 47.1 Å². The first-order chi connectivity index (χ1) is 19.8. The summed E-state index contributed by atoms with van der Waals surface area (Å²) in [5.41, 5.74) is 9.21. The minimum atomic E-state index is 0.836. The smallest absolute Gasteiger partial charge is 0.138 e. The van der Waals surface area contributed by atoms with Gasteiger partial charge in [-0.2, -0.15) is 0 Å². The van der Waals surface area contributed by atoms with Crippen molar-refractivity contribution >= 4 is 32.8 Å². The van der Waals surface area contributed by atoms with Crippen LogP contribution in [0.25, 0.3) is 66.7 Å². The summed E-state index contributed by atoms with van der Waals surface area (Å²) >= 11 is 0. The zero-order valence-corrected chi connectivity index (χ0v) is 21.5. The molecule has 0 amide bonds. The van der Waals surface area contributed by atoms with Crippen LogP contribution in [0, 0.1) is 0 Å². The van der Waals surface area contributed by atoms with Crippen molar-refractivity contribution in [3.63, 3.8) is 0 Å². The van der Waals surface area contributed by atoms with Crippen molar-refractivity contribution in [2.45, 2.75) is 0 Å². The first-order valence-corrected chi connectivity index (χ1v) is 13.3. The van der Waals surface area contributed by atoms with Gasteiger partial charge in [0.25, 0.3) is 0 Å². The van der Waals surface area contributed by atoms with Crippen molar-refractivity contribution in [2.24, 2.45) is 0 Å². The normalized spacial score (nSPS) is 11.5. The second-order valence-corrected chi connectivity index (χ2v) is 9.88. The fourth-order valence-electron chi connectivity index (χ4n) is 5.57. The highest BCUT2D eigenvalue weighted by Crippen LogP contribution is 2.36. The minimum Gasteiger partial charge on any atom is -0.294 e. The van der Waals surface area contributed by atoms with Gasteiger partial charge in [-0.05, 0) is 53.6 Å². The molecular weight excluding hydrogens is 490 g/mol. The summed E-state index contributed by atoms with van der Waals surface area (Å²) in [4.78, 5) is 5.23. The Bertz CT molecular complexity index is 2090. The van der Waals surface area contributed by atoms with Crippen molar-refractivity contribution in [3.05, 3.63) is 140 Å². The molecular formula is C35H23N5. The molecule has 5 aromatic carbocycles. The molecule has 8 rings (SSSR count). The van der Waals surface area contributed by atoms with E-state index in [1.165, 1.54) is 0 Å². The topological polar surface area (TPSA) is 48.5 Å². The Morgan fingerprint density at radius 2 is 1.15 bits per heavy atom. The Balaban J connectivity index is 1.43. The van der Waals surface area contributed by atoms with Gasteiger partial charge < -0.3 is 0 Å². The van der Waals surface area contributed by atoms with E-state index in [0.29, 0.717) is 0 Å². The zero-order valence-electron chi connectivity index (χ0n) is 21.5. The van der Waals surface area contributed by atoms with Crippen LogP contribution < -0.4 is 0 Å². The van der Waals surface area contributed by atoms with Gasteiger partial charge in [-0.1, -0.05) is 102 Å². The standard InChI is InChI=1S/C35H23N5/c1-4-12-24(13-5-1)26-20-30(25-14-6-2-7-15-25)36-35(21-26)39-32-19-11-10-18-28(32)29-22-34-31(23-33(29)39)37-38-40(34)27-16-8-3-9-17-27/h1-23H. The van der Waals surface area contributed by atoms with E-state index in [0.717, 1.165) is 66.7 Å². The number of pyridine rings is 1. The molecule has 3 heterocycles. The quantitative estimate of drug-likeness (QED) is 0.238. The van der Waals surface area contributed by atoms with Crippen molar-refractivity contribution in [1.29, 1.82) is 0 Å². The Morgan fingerprint density at radius 3 is 1.93 bits per heavy atom. The Labute approximate surface area is 230 Å². The molecule has 0 radical (unpaired) electrons. The van der Waals surface area contributed by atoms with E-state index >= 15 is 0 Å². The molecule has 0 saturated heterocycles. The van der Waals surface area contributed by atoms with Crippen molar-refractivity contribution in [1.82, 2.24) is 24.5 Å². The number of hydrogen-bond donors (Lipinski definition) is 0. The maximum absolute atomic E-state index is 5.23. The van der Waals surface area contributed by atoms with Gasteiger partial charge in [0.15, 0.2) is 0 Å². The molecule has 0 aliphatic rings. The van der Waals surface area contributed by atoms with Gasteiger partial charge in [0, 0.05) is 16.3 Å². The highest BCUT2D eigenvalue weighted by atomic mass is 15.4. The molecule has 0 saturated carbocycles. The van der Waals surface area contributed by atoms with Crippen LogP contribution in [0.3, 0.4) is 0 Å². The van der Waals surface area contributed by atoms with E-state index in [2.05, 4.69) is 112 Å². The number of aromatic nitrogens is 5. The SMILES string of the molecule is c1ccc(-c2cc(-c3ccccc3)nc(-n3c4ccccc4c4cc5c(cc43)nnn5-c3ccccc3)c2)cc1. The molecule has 0 atom stereocenters. The monoisotopic (exact) mass is 513 g/mol. The summed E-state index contributed by atoms with van der Waals surface area (Å²) < 4.78 is 4.16. The first kappa shape index (κ1) is 22.4. The number of benzene rings is 5. The highest BCUT2D eigenvalue weighted by Gasteiger charge is 2.18. The molecule has 0 N–H and O–H groups in total. The molecule has 0 fully saturated rings. The lowest BCUT2D eigenvalue weighted by molar-refractivity contribution is 0.824. The van der Waals surface area contributed by atoms with Crippen molar-refractivity contribution in [2.75, 3.05) is 0 Å². The van der Waals surface area contributed by atoms with Crippen molar-refractivity contribution < 1.29 is 0 Å². The Hall–Kier alpha value is -5.55. The van der Waals surface area contributed by atoms with Gasteiger partial charge in [-0.25, -0.2) is 9.67 Å². The molecule has 5 nitrogen and oxygen atoms in total. The summed E-state index contributed by atoms with van der Waals surface area (Å²) in [6.45, 7) is 0. The molecule has 5 heteroatoms. The molecule has 0 spiro atoms. The molecule has 40 heavy (non-hydrogen) atoms. The van der Waals surface area contributed by atoms with Gasteiger partial charge in [0.2, 0.25) is 0 Å². The third-order valence-electron chi connectivity index (χ3n) is 7.46. The Kier molecular flexibility index (Phi) is 5.07. The van der Waals surface area contributed by atoms with Gasteiger partial charge in [-0.3, -0.25) is 4.57 Å². The molecule has 188 valence electrons. The lowest BCUT2D eigenvalue weighted by Crippen LogP contribution is -2.00. The van der Waals surface area contributed by atoms with Gasteiger partial charge in [0.1, 0.15) is 11.3 Å². The maximum Gasteiger partial charge on any atom is 0.138 e. The lowest BCUT2D eigenvalue weighted by Gasteiger charge is -2.13. The highest BCUT2D eigenvalue weighted by molar-refractivity contribution is 6.12. The molecule has 8 aromatic rings. The molecule has 3 aromatic heterocycles. The fraction of sp³-hybridized carbons (Fsp3) is 0. The summed E-state index contributed by atoms with van der Waals surface area (Å²) in [5, 5.41) is 11.4. The minimum absolute atomic E-state index is 0.836. The largest absolute Gasteiger partial charge is 0.294 e.